The number of nitrogens with one attached hydrogen (secondary N) is 1. The van der Waals surface area contributed by atoms with Crippen LogP contribution < -0.4 is 5.32 Å². The van der Waals surface area contributed by atoms with Crippen molar-refractivity contribution in [1.82, 2.24) is 5.32 Å². The van der Waals surface area contributed by atoms with Crippen LogP contribution in [-0.4, -0.2) is 18.0 Å². The highest BCUT2D eigenvalue weighted by Crippen LogP contribution is 2.27. The summed E-state index contributed by atoms with van der Waals surface area (Å²) in [6.07, 6.45) is 1.07. The summed E-state index contributed by atoms with van der Waals surface area (Å²) in [5.41, 5.74) is 2.05. The van der Waals surface area contributed by atoms with E-state index in [1.54, 1.807) is 13.0 Å². The van der Waals surface area contributed by atoms with E-state index in [1.165, 1.54) is 0 Å². The average Bonchev–Trinajstić information content (AvgIpc) is 2.71. The summed E-state index contributed by atoms with van der Waals surface area (Å²) in [5.74, 6) is 0.435. The maximum absolute atomic E-state index is 10.8. The largest absolute Gasteiger partial charge is 0.316 e. The Labute approximate surface area is 88.5 Å². The maximum atomic E-state index is 10.8. The smallest absolute Gasteiger partial charge is 0.272 e. The van der Waals surface area contributed by atoms with Gasteiger partial charge in [-0.05, 0) is 31.4 Å². The molecule has 1 heterocycles. The van der Waals surface area contributed by atoms with Crippen molar-refractivity contribution < 1.29 is 4.92 Å². The van der Waals surface area contributed by atoms with E-state index < -0.39 is 0 Å². The van der Waals surface area contributed by atoms with E-state index >= 15 is 0 Å². The predicted octanol–water partition coefficient (Wildman–Crippen LogP) is 1.98. The van der Waals surface area contributed by atoms with Crippen molar-refractivity contribution in [3.05, 3.63) is 39.4 Å². The minimum Gasteiger partial charge on any atom is -0.316 e. The molecule has 0 amide bonds. The Morgan fingerprint density at radius 1 is 1.53 bits per heavy atom. The van der Waals surface area contributed by atoms with E-state index in [2.05, 4.69) is 5.32 Å². The summed E-state index contributed by atoms with van der Waals surface area (Å²) in [7, 11) is 0. The standard InChI is InChI=1S/C11H14N2O2/c1-8-2-3-9(6-11(8)13(14)15)10-4-5-12-7-10/h2-3,6,10,12H,4-5,7H2,1H3. The number of hydrogen-bond acceptors (Lipinski definition) is 3. The van der Waals surface area contributed by atoms with Crippen LogP contribution >= 0.6 is 0 Å². The fourth-order valence-corrected chi connectivity index (χ4v) is 2.02. The van der Waals surface area contributed by atoms with Crippen LogP contribution in [0.5, 0.6) is 0 Å². The van der Waals surface area contributed by atoms with Crippen LogP contribution in [0.25, 0.3) is 0 Å². The Morgan fingerprint density at radius 3 is 2.93 bits per heavy atom. The Balaban J connectivity index is 2.33. The molecule has 0 spiro atoms. The lowest BCUT2D eigenvalue weighted by atomic mass is 9.96. The molecular weight excluding hydrogens is 192 g/mol. The molecule has 2 rings (SSSR count). The van der Waals surface area contributed by atoms with E-state index in [-0.39, 0.29) is 10.6 Å². The second-order valence-corrected chi connectivity index (χ2v) is 3.99. The van der Waals surface area contributed by atoms with Crippen molar-refractivity contribution in [2.45, 2.75) is 19.3 Å². The van der Waals surface area contributed by atoms with Crippen LogP contribution in [0.15, 0.2) is 18.2 Å². The third-order valence-corrected chi connectivity index (χ3v) is 2.96. The van der Waals surface area contributed by atoms with Crippen molar-refractivity contribution >= 4 is 5.69 Å². The van der Waals surface area contributed by atoms with Gasteiger partial charge in [-0.3, -0.25) is 10.1 Å². The van der Waals surface area contributed by atoms with E-state index in [0.29, 0.717) is 5.92 Å². The SMILES string of the molecule is Cc1ccc(C2CCNC2)cc1[N+](=O)[O-]. The Morgan fingerprint density at radius 2 is 2.33 bits per heavy atom. The van der Waals surface area contributed by atoms with Crippen molar-refractivity contribution in [3.63, 3.8) is 0 Å². The number of nitro groups is 1. The monoisotopic (exact) mass is 206 g/mol. The molecule has 0 radical (unpaired) electrons. The van der Waals surface area contributed by atoms with E-state index in [1.807, 2.05) is 12.1 Å². The molecular formula is C11H14N2O2. The summed E-state index contributed by atoms with van der Waals surface area (Å²) < 4.78 is 0. The van der Waals surface area contributed by atoms with Gasteiger partial charge in [0.2, 0.25) is 0 Å². The lowest BCUT2D eigenvalue weighted by Crippen LogP contribution is -2.08. The highest BCUT2D eigenvalue weighted by atomic mass is 16.6. The van der Waals surface area contributed by atoms with Gasteiger partial charge in [0.15, 0.2) is 0 Å². The van der Waals surface area contributed by atoms with Gasteiger partial charge < -0.3 is 5.32 Å². The molecule has 0 bridgehead atoms. The molecule has 0 saturated carbocycles. The summed E-state index contributed by atoms with van der Waals surface area (Å²) in [4.78, 5) is 10.5. The van der Waals surface area contributed by atoms with Gasteiger partial charge in [-0.2, -0.15) is 0 Å². The van der Waals surface area contributed by atoms with Crippen LogP contribution in [0.3, 0.4) is 0 Å². The quantitative estimate of drug-likeness (QED) is 0.594. The van der Waals surface area contributed by atoms with Gasteiger partial charge in [-0.25, -0.2) is 0 Å². The lowest BCUT2D eigenvalue weighted by Gasteiger charge is -2.08. The maximum Gasteiger partial charge on any atom is 0.272 e. The molecule has 15 heavy (non-hydrogen) atoms. The zero-order chi connectivity index (χ0) is 10.8. The van der Waals surface area contributed by atoms with Crippen LogP contribution in [0, 0.1) is 17.0 Å². The van der Waals surface area contributed by atoms with Crippen molar-refractivity contribution in [1.29, 1.82) is 0 Å². The predicted molar refractivity (Wildman–Crippen MR) is 58.1 cm³/mol. The first-order valence-electron chi connectivity index (χ1n) is 5.14. The number of nitrogens with zero attached hydrogens (tertiary/aromatic N) is 1. The average molecular weight is 206 g/mol. The molecule has 1 unspecified atom stereocenters. The van der Waals surface area contributed by atoms with Crippen molar-refractivity contribution in [3.8, 4) is 0 Å². The molecule has 1 aromatic rings. The first-order chi connectivity index (χ1) is 7.18. The van der Waals surface area contributed by atoms with Crippen LogP contribution in [0.4, 0.5) is 5.69 Å². The van der Waals surface area contributed by atoms with Gasteiger partial charge in [0.05, 0.1) is 4.92 Å². The fraction of sp³-hybridized carbons (Fsp3) is 0.455. The molecule has 1 aliphatic heterocycles. The Kier molecular flexibility index (Phi) is 2.68. The van der Waals surface area contributed by atoms with Gasteiger partial charge in [0, 0.05) is 18.2 Å². The van der Waals surface area contributed by atoms with Gasteiger partial charge in [-0.1, -0.05) is 12.1 Å². The molecule has 1 aromatic carbocycles. The zero-order valence-corrected chi connectivity index (χ0v) is 8.69. The van der Waals surface area contributed by atoms with Gasteiger partial charge in [0.25, 0.3) is 5.69 Å². The van der Waals surface area contributed by atoms with Crippen LogP contribution in [-0.2, 0) is 0 Å². The zero-order valence-electron chi connectivity index (χ0n) is 8.69. The summed E-state index contributed by atoms with van der Waals surface area (Å²) in [6.45, 7) is 3.71. The molecule has 0 aliphatic carbocycles. The third-order valence-electron chi connectivity index (χ3n) is 2.96. The minimum absolute atomic E-state index is 0.236. The normalized spacial score (nSPS) is 20.5. The highest BCUT2D eigenvalue weighted by Gasteiger charge is 2.19. The molecule has 1 saturated heterocycles. The third kappa shape index (κ3) is 1.99. The molecule has 1 fully saturated rings. The molecule has 4 nitrogen and oxygen atoms in total. The molecule has 80 valence electrons. The fourth-order valence-electron chi connectivity index (χ4n) is 2.02. The minimum atomic E-state index is -0.304. The van der Waals surface area contributed by atoms with Crippen molar-refractivity contribution in [2.75, 3.05) is 13.1 Å². The molecule has 4 heteroatoms. The Hall–Kier alpha value is -1.42. The summed E-state index contributed by atoms with van der Waals surface area (Å²) in [6, 6.07) is 5.55. The molecule has 1 aliphatic rings. The summed E-state index contributed by atoms with van der Waals surface area (Å²) >= 11 is 0. The lowest BCUT2D eigenvalue weighted by molar-refractivity contribution is -0.385. The number of benzene rings is 1. The Bertz CT molecular complexity index is 384. The molecule has 1 atom stereocenters. The number of hydrogen-bond donors (Lipinski definition) is 1. The van der Waals surface area contributed by atoms with E-state index in [4.69, 9.17) is 0 Å². The van der Waals surface area contributed by atoms with Gasteiger partial charge in [-0.15, -0.1) is 0 Å². The van der Waals surface area contributed by atoms with Crippen molar-refractivity contribution in [2.24, 2.45) is 0 Å². The topological polar surface area (TPSA) is 55.2 Å². The number of aryl methyl sites for hydroxylation is 1. The molecule has 0 aromatic heterocycles. The van der Waals surface area contributed by atoms with E-state index in [0.717, 1.165) is 30.6 Å². The van der Waals surface area contributed by atoms with Crippen LogP contribution in [0.1, 0.15) is 23.5 Å². The first kappa shape index (κ1) is 10.1. The van der Waals surface area contributed by atoms with E-state index in [9.17, 15) is 10.1 Å². The number of nitro benzene ring substituents is 1. The second-order valence-electron chi connectivity index (χ2n) is 3.99. The van der Waals surface area contributed by atoms with Gasteiger partial charge in [0.1, 0.15) is 0 Å². The van der Waals surface area contributed by atoms with Gasteiger partial charge >= 0.3 is 0 Å². The summed E-state index contributed by atoms with van der Waals surface area (Å²) in [5, 5.41) is 14.0. The second kappa shape index (κ2) is 3.98. The molecule has 1 N–H and O–H groups in total. The first-order valence-corrected chi connectivity index (χ1v) is 5.14. The van der Waals surface area contributed by atoms with Crippen LogP contribution in [0.2, 0.25) is 0 Å². The number of rotatable bonds is 2. The highest BCUT2D eigenvalue weighted by molar-refractivity contribution is 5.43.